The molecule has 0 aromatic heterocycles. The molecule has 1 aliphatic rings. The summed E-state index contributed by atoms with van der Waals surface area (Å²) in [5, 5.41) is 3.36. The Morgan fingerprint density at radius 2 is 2.75 bits per heavy atom. The molecular weight excluding hydrogens is 259 g/mol. The van der Waals surface area contributed by atoms with Crippen molar-refractivity contribution in [2.24, 2.45) is 0 Å². The Hall–Kier alpha value is 0.429. The summed E-state index contributed by atoms with van der Waals surface area (Å²) in [4.78, 5) is 13.0. The quantitative estimate of drug-likeness (QED) is 0.574. The van der Waals surface area contributed by atoms with Crippen LogP contribution < -0.4 is 0 Å². The first-order valence-electron chi connectivity index (χ1n) is 3.43. The molecule has 1 atom stereocenters. The first-order valence-corrected chi connectivity index (χ1v) is 7.62. The zero-order valence-corrected chi connectivity index (χ0v) is 10.0. The molecule has 0 radical (unpaired) electrons. The summed E-state index contributed by atoms with van der Waals surface area (Å²) in [7, 11) is 1.43. The Labute approximate surface area is 87.0 Å². The molecule has 5 heteroatoms. The molecule has 0 saturated heterocycles. The van der Waals surface area contributed by atoms with Gasteiger partial charge in [0, 0.05) is 0 Å². The van der Waals surface area contributed by atoms with Gasteiger partial charge in [-0.15, -0.1) is 0 Å². The van der Waals surface area contributed by atoms with Crippen molar-refractivity contribution < 1.29 is 9.53 Å². The van der Waals surface area contributed by atoms with Crippen molar-refractivity contribution in [3.05, 3.63) is 10.4 Å². The molecule has 0 aromatic carbocycles. The number of hydrogen-bond acceptors (Lipinski definition) is 4. The zero-order valence-electron chi connectivity index (χ0n) is 6.69. The van der Waals surface area contributed by atoms with Gasteiger partial charge >= 0.3 is 87.1 Å². The molecule has 1 aliphatic heterocycles. The molecule has 2 nitrogen and oxygen atoms in total. The molecule has 0 fully saturated rings. The van der Waals surface area contributed by atoms with E-state index in [4.69, 9.17) is 0 Å². The van der Waals surface area contributed by atoms with Gasteiger partial charge in [-0.1, -0.05) is 0 Å². The van der Waals surface area contributed by atoms with Crippen LogP contribution in [0, 0.1) is 0 Å². The molecule has 1 unspecified atom stereocenters. The van der Waals surface area contributed by atoms with Crippen molar-refractivity contribution in [3.8, 4) is 0 Å². The molecular formula is C7H10O2S2Se. The average molecular weight is 269 g/mol. The van der Waals surface area contributed by atoms with Crippen molar-refractivity contribution in [1.82, 2.24) is 0 Å². The fourth-order valence-electron chi connectivity index (χ4n) is 0.640. The molecule has 0 N–H and O–H groups in total. The summed E-state index contributed by atoms with van der Waals surface area (Å²) in [5.41, 5.74) is 0. The van der Waals surface area contributed by atoms with E-state index in [1.807, 2.05) is 0 Å². The van der Waals surface area contributed by atoms with E-state index in [2.05, 4.69) is 15.1 Å². The second-order valence-corrected chi connectivity index (χ2v) is 6.63. The van der Waals surface area contributed by atoms with Crippen molar-refractivity contribution in [3.63, 3.8) is 0 Å². The van der Waals surface area contributed by atoms with Crippen LogP contribution >= 0.6 is 23.5 Å². The van der Waals surface area contributed by atoms with Crippen molar-refractivity contribution in [1.29, 1.82) is 0 Å². The standard InChI is InChI=1S/C7H10O2S2Se/c1-9-6(8)4-11-7-5-12-3-2-10-7/h2-3,7H,4-5H2,1H3. The molecule has 0 aromatic rings. The summed E-state index contributed by atoms with van der Waals surface area (Å²) in [6.07, 6.45) is 0. The van der Waals surface area contributed by atoms with Crippen molar-refractivity contribution >= 4 is 44.4 Å². The van der Waals surface area contributed by atoms with E-state index in [9.17, 15) is 4.79 Å². The van der Waals surface area contributed by atoms with Crippen LogP contribution in [0.1, 0.15) is 0 Å². The molecule has 0 bridgehead atoms. The Morgan fingerprint density at radius 1 is 1.92 bits per heavy atom. The van der Waals surface area contributed by atoms with Crippen molar-refractivity contribution in [2.75, 3.05) is 12.9 Å². The number of methoxy groups -OCH3 is 1. The number of rotatable bonds is 3. The third-order valence-corrected chi connectivity index (χ3v) is 6.81. The fourth-order valence-corrected chi connectivity index (χ4v) is 5.66. The van der Waals surface area contributed by atoms with Gasteiger partial charge in [-0.25, -0.2) is 0 Å². The van der Waals surface area contributed by atoms with E-state index < -0.39 is 0 Å². The molecule has 0 aliphatic carbocycles. The van der Waals surface area contributed by atoms with Crippen LogP contribution in [0.2, 0.25) is 5.32 Å². The fraction of sp³-hybridized carbons (Fsp3) is 0.571. The number of esters is 1. The van der Waals surface area contributed by atoms with Crippen LogP contribution in [-0.4, -0.2) is 38.4 Å². The SMILES string of the molecule is COC(=O)CSC1C[Se]C=CS1. The predicted octanol–water partition coefficient (Wildman–Crippen LogP) is 1.56. The third kappa shape index (κ3) is 3.90. The Kier molecular flexibility index (Phi) is 5.23. The van der Waals surface area contributed by atoms with Gasteiger partial charge in [0.1, 0.15) is 0 Å². The minimum absolute atomic E-state index is 0.123. The van der Waals surface area contributed by atoms with Gasteiger partial charge in [0.05, 0.1) is 0 Å². The maximum atomic E-state index is 10.8. The number of ether oxygens (including phenoxy) is 1. The Morgan fingerprint density at radius 3 is 3.33 bits per heavy atom. The molecule has 0 saturated carbocycles. The monoisotopic (exact) mass is 270 g/mol. The van der Waals surface area contributed by atoms with Gasteiger partial charge in [-0.3, -0.25) is 0 Å². The maximum absolute atomic E-state index is 10.8. The van der Waals surface area contributed by atoms with E-state index in [0.29, 0.717) is 25.3 Å². The average Bonchev–Trinajstić information content (AvgIpc) is 2.16. The summed E-state index contributed by atoms with van der Waals surface area (Å²) >= 11 is 4.13. The van der Waals surface area contributed by atoms with Gasteiger partial charge in [-0.2, -0.15) is 0 Å². The van der Waals surface area contributed by atoms with E-state index in [0.717, 1.165) is 0 Å². The second kappa shape index (κ2) is 5.97. The topological polar surface area (TPSA) is 26.3 Å². The summed E-state index contributed by atoms with van der Waals surface area (Å²) in [6.45, 7) is 0. The number of hydrogen-bond donors (Lipinski definition) is 0. The summed E-state index contributed by atoms with van der Waals surface area (Å²) < 4.78 is 5.12. The van der Waals surface area contributed by atoms with Gasteiger partial charge in [0.25, 0.3) is 0 Å². The van der Waals surface area contributed by atoms with Gasteiger partial charge in [-0.05, 0) is 0 Å². The van der Waals surface area contributed by atoms with Crippen LogP contribution in [0.25, 0.3) is 0 Å². The molecule has 12 heavy (non-hydrogen) atoms. The van der Waals surface area contributed by atoms with E-state index >= 15 is 0 Å². The normalized spacial score (nSPS) is 22.2. The number of carbonyl (C=O) groups excluding carboxylic acids is 1. The predicted molar refractivity (Wildman–Crippen MR) is 55.6 cm³/mol. The Balaban J connectivity index is 2.14. The van der Waals surface area contributed by atoms with Crippen LogP contribution in [-0.2, 0) is 9.53 Å². The van der Waals surface area contributed by atoms with Gasteiger partial charge in [0.2, 0.25) is 0 Å². The second-order valence-electron chi connectivity index (χ2n) is 2.06. The third-order valence-electron chi connectivity index (χ3n) is 1.23. The zero-order chi connectivity index (χ0) is 8.81. The minimum atomic E-state index is -0.123. The number of thioether (sulfide) groups is 2. The van der Waals surface area contributed by atoms with Crippen LogP contribution in [0.3, 0.4) is 0 Å². The number of carbonyl (C=O) groups is 1. The first kappa shape index (κ1) is 10.5. The first-order chi connectivity index (χ1) is 5.83. The van der Waals surface area contributed by atoms with Crippen molar-refractivity contribution in [2.45, 2.75) is 9.90 Å². The van der Waals surface area contributed by atoms with Crippen LogP contribution in [0.5, 0.6) is 0 Å². The molecule has 1 heterocycles. The van der Waals surface area contributed by atoms with E-state index in [1.165, 1.54) is 12.4 Å². The summed E-state index contributed by atoms with van der Waals surface area (Å²) in [5.74, 6) is 0.362. The molecule has 1 rings (SSSR count). The molecule has 0 spiro atoms. The molecule has 0 amide bonds. The molecule has 68 valence electrons. The van der Waals surface area contributed by atoms with Crippen LogP contribution in [0.15, 0.2) is 10.4 Å². The summed E-state index contributed by atoms with van der Waals surface area (Å²) in [6, 6.07) is 0. The van der Waals surface area contributed by atoms with Crippen LogP contribution in [0.4, 0.5) is 0 Å². The van der Waals surface area contributed by atoms with E-state index in [-0.39, 0.29) is 5.97 Å². The van der Waals surface area contributed by atoms with Gasteiger partial charge < -0.3 is 0 Å². The van der Waals surface area contributed by atoms with Gasteiger partial charge in [0.15, 0.2) is 0 Å². The Bertz CT molecular complexity index is 184. The van der Waals surface area contributed by atoms with E-state index in [1.54, 1.807) is 23.5 Å².